The largest absolute Gasteiger partial charge is 0.496 e. The molecule has 0 saturated carbocycles. The summed E-state index contributed by atoms with van der Waals surface area (Å²) in [7, 11) is 1.65. The van der Waals surface area contributed by atoms with Crippen LogP contribution < -0.4 is 10.1 Å². The van der Waals surface area contributed by atoms with E-state index in [2.05, 4.69) is 10.3 Å². The number of rotatable bonds is 8. The lowest BCUT2D eigenvalue weighted by atomic mass is 10.1. The van der Waals surface area contributed by atoms with Crippen LogP contribution in [0.5, 0.6) is 5.75 Å². The second-order valence-electron chi connectivity index (χ2n) is 5.76. The summed E-state index contributed by atoms with van der Waals surface area (Å²) in [6, 6.07) is 15.3. The van der Waals surface area contributed by atoms with E-state index in [-0.39, 0.29) is 5.91 Å². The quantitative estimate of drug-likeness (QED) is 0.580. The lowest BCUT2D eigenvalue weighted by Crippen LogP contribution is -2.27. The molecular formula is C20H20ClN3O2S. The van der Waals surface area contributed by atoms with Crippen LogP contribution in [0.25, 0.3) is 5.69 Å². The van der Waals surface area contributed by atoms with Crippen LogP contribution in [0.15, 0.2) is 66.1 Å². The van der Waals surface area contributed by atoms with E-state index in [4.69, 9.17) is 16.3 Å². The third-order valence-corrected chi connectivity index (χ3v) is 5.17. The van der Waals surface area contributed by atoms with E-state index >= 15 is 0 Å². The van der Waals surface area contributed by atoms with Crippen LogP contribution in [-0.4, -0.2) is 34.9 Å². The number of amides is 1. The van der Waals surface area contributed by atoms with Gasteiger partial charge in [-0.2, -0.15) is 0 Å². The molecule has 0 aliphatic carbocycles. The molecule has 1 heterocycles. The predicted molar refractivity (Wildman–Crippen MR) is 109 cm³/mol. The number of nitrogens with zero attached hydrogens (tertiary/aromatic N) is 2. The van der Waals surface area contributed by atoms with E-state index in [1.807, 2.05) is 59.3 Å². The monoisotopic (exact) mass is 401 g/mol. The molecule has 7 heteroatoms. The molecule has 2 aromatic carbocycles. The topological polar surface area (TPSA) is 56.1 Å². The summed E-state index contributed by atoms with van der Waals surface area (Å²) in [6.07, 6.45) is 4.31. The van der Waals surface area contributed by atoms with Gasteiger partial charge in [0, 0.05) is 29.6 Å². The van der Waals surface area contributed by atoms with Crippen molar-refractivity contribution in [2.24, 2.45) is 0 Å². The number of para-hydroxylation sites is 1. The van der Waals surface area contributed by atoms with Gasteiger partial charge < -0.3 is 10.1 Å². The predicted octanol–water partition coefficient (Wildman–Crippen LogP) is 3.99. The van der Waals surface area contributed by atoms with Crippen LogP contribution in [0.4, 0.5) is 0 Å². The number of benzene rings is 2. The maximum atomic E-state index is 12.2. The standard InChI is InChI=1S/C20H20ClN3O2S/c1-26-18-5-3-2-4-15(18)10-11-22-19(25)14-27-20-23-12-13-24(20)17-8-6-16(21)7-9-17/h2-9,12-13H,10-11,14H2,1H3,(H,22,25). The van der Waals surface area contributed by atoms with E-state index in [1.165, 1.54) is 11.8 Å². The Kier molecular flexibility index (Phi) is 6.79. The van der Waals surface area contributed by atoms with Crippen molar-refractivity contribution in [3.8, 4) is 11.4 Å². The van der Waals surface area contributed by atoms with Crippen molar-refractivity contribution in [2.45, 2.75) is 11.6 Å². The smallest absolute Gasteiger partial charge is 0.230 e. The second-order valence-corrected chi connectivity index (χ2v) is 7.14. The fraction of sp³-hybridized carbons (Fsp3) is 0.200. The molecule has 0 aliphatic heterocycles. The van der Waals surface area contributed by atoms with Gasteiger partial charge in [0.15, 0.2) is 5.16 Å². The van der Waals surface area contributed by atoms with Crippen LogP contribution >= 0.6 is 23.4 Å². The van der Waals surface area contributed by atoms with Gasteiger partial charge in [0.1, 0.15) is 5.75 Å². The van der Waals surface area contributed by atoms with Crippen LogP contribution in [0.2, 0.25) is 5.02 Å². The van der Waals surface area contributed by atoms with E-state index in [0.717, 1.165) is 28.6 Å². The fourth-order valence-electron chi connectivity index (χ4n) is 2.62. The van der Waals surface area contributed by atoms with Crippen LogP contribution in [0, 0.1) is 0 Å². The molecule has 3 aromatic rings. The number of ether oxygens (including phenoxy) is 1. The summed E-state index contributed by atoms with van der Waals surface area (Å²) in [6.45, 7) is 0.561. The van der Waals surface area contributed by atoms with Gasteiger partial charge in [0.2, 0.25) is 5.91 Å². The molecule has 5 nitrogen and oxygen atoms in total. The van der Waals surface area contributed by atoms with Crippen LogP contribution in [0.3, 0.4) is 0 Å². The molecule has 140 valence electrons. The number of nitrogens with one attached hydrogen (secondary N) is 1. The normalized spacial score (nSPS) is 10.6. The summed E-state index contributed by atoms with van der Waals surface area (Å²) in [5.41, 5.74) is 2.03. The number of hydrogen-bond acceptors (Lipinski definition) is 4. The molecule has 1 aromatic heterocycles. The summed E-state index contributed by atoms with van der Waals surface area (Å²) in [5, 5.41) is 4.39. The highest BCUT2D eigenvalue weighted by molar-refractivity contribution is 7.99. The highest BCUT2D eigenvalue weighted by Crippen LogP contribution is 2.21. The van der Waals surface area contributed by atoms with Gasteiger partial charge in [-0.3, -0.25) is 9.36 Å². The van der Waals surface area contributed by atoms with Crippen molar-refractivity contribution >= 4 is 29.3 Å². The highest BCUT2D eigenvalue weighted by Gasteiger charge is 2.09. The minimum atomic E-state index is -0.0273. The fourth-order valence-corrected chi connectivity index (χ4v) is 3.55. The van der Waals surface area contributed by atoms with Gasteiger partial charge in [-0.25, -0.2) is 4.98 Å². The van der Waals surface area contributed by atoms with E-state index in [0.29, 0.717) is 17.3 Å². The molecule has 0 saturated heterocycles. The van der Waals surface area contributed by atoms with Crippen LogP contribution in [-0.2, 0) is 11.2 Å². The van der Waals surface area contributed by atoms with Gasteiger partial charge in [0.25, 0.3) is 0 Å². The number of halogens is 1. The second kappa shape index (κ2) is 9.48. The Morgan fingerprint density at radius 3 is 2.78 bits per heavy atom. The van der Waals surface area contributed by atoms with E-state index in [1.54, 1.807) is 13.3 Å². The first kappa shape index (κ1) is 19.3. The number of carbonyl (C=O) groups is 1. The number of carbonyl (C=O) groups excluding carboxylic acids is 1. The number of hydrogen-bond donors (Lipinski definition) is 1. The zero-order valence-corrected chi connectivity index (χ0v) is 16.5. The molecule has 0 bridgehead atoms. The summed E-state index contributed by atoms with van der Waals surface area (Å²) >= 11 is 7.33. The Balaban J connectivity index is 1.50. The Morgan fingerprint density at radius 2 is 2.00 bits per heavy atom. The molecule has 0 atom stereocenters. The Morgan fingerprint density at radius 1 is 1.22 bits per heavy atom. The minimum absolute atomic E-state index is 0.0273. The maximum Gasteiger partial charge on any atom is 0.230 e. The highest BCUT2D eigenvalue weighted by atomic mass is 35.5. The van der Waals surface area contributed by atoms with Crippen molar-refractivity contribution in [3.63, 3.8) is 0 Å². The molecule has 3 rings (SSSR count). The Labute approximate surface area is 167 Å². The van der Waals surface area contributed by atoms with Crippen molar-refractivity contribution in [1.29, 1.82) is 0 Å². The summed E-state index contributed by atoms with van der Waals surface area (Å²) < 4.78 is 7.26. The molecule has 0 radical (unpaired) electrons. The lowest BCUT2D eigenvalue weighted by molar-refractivity contribution is -0.118. The average molecular weight is 402 g/mol. The third kappa shape index (κ3) is 5.28. The van der Waals surface area contributed by atoms with Gasteiger partial charge in [-0.1, -0.05) is 41.6 Å². The minimum Gasteiger partial charge on any atom is -0.496 e. The Bertz CT molecular complexity index is 896. The molecule has 0 spiro atoms. The van der Waals surface area contributed by atoms with Crippen molar-refractivity contribution < 1.29 is 9.53 Å². The molecule has 27 heavy (non-hydrogen) atoms. The number of thioether (sulfide) groups is 1. The number of methoxy groups -OCH3 is 1. The zero-order valence-electron chi connectivity index (χ0n) is 14.9. The number of aromatic nitrogens is 2. The summed E-state index contributed by atoms with van der Waals surface area (Å²) in [5.74, 6) is 1.11. The van der Waals surface area contributed by atoms with Gasteiger partial charge in [-0.15, -0.1) is 0 Å². The Hall–Kier alpha value is -2.44. The first-order valence-electron chi connectivity index (χ1n) is 8.48. The summed E-state index contributed by atoms with van der Waals surface area (Å²) in [4.78, 5) is 16.5. The molecule has 1 N–H and O–H groups in total. The molecular weight excluding hydrogens is 382 g/mol. The van der Waals surface area contributed by atoms with E-state index in [9.17, 15) is 4.79 Å². The third-order valence-electron chi connectivity index (χ3n) is 3.95. The SMILES string of the molecule is COc1ccccc1CCNC(=O)CSc1nccn1-c1ccc(Cl)cc1. The lowest BCUT2D eigenvalue weighted by Gasteiger charge is -2.10. The first-order chi connectivity index (χ1) is 13.2. The average Bonchev–Trinajstić information content (AvgIpc) is 3.16. The van der Waals surface area contributed by atoms with E-state index < -0.39 is 0 Å². The van der Waals surface area contributed by atoms with Gasteiger partial charge in [-0.05, 0) is 42.3 Å². The van der Waals surface area contributed by atoms with Gasteiger partial charge >= 0.3 is 0 Å². The maximum absolute atomic E-state index is 12.2. The van der Waals surface area contributed by atoms with Gasteiger partial charge in [0.05, 0.1) is 12.9 Å². The van der Waals surface area contributed by atoms with Crippen molar-refractivity contribution in [2.75, 3.05) is 19.4 Å². The van der Waals surface area contributed by atoms with Crippen LogP contribution in [0.1, 0.15) is 5.56 Å². The first-order valence-corrected chi connectivity index (χ1v) is 9.84. The number of imidazole rings is 1. The molecule has 0 unspecified atom stereocenters. The van der Waals surface area contributed by atoms with Crippen molar-refractivity contribution in [3.05, 3.63) is 71.5 Å². The molecule has 1 amide bonds. The van der Waals surface area contributed by atoms with Crippen molar-refractivity contribution in [1.82, 2.24) is 14.9 Å². The molecule has 0 aliphatic rings. The zero-order chi connectivity index (χ0) is 19.1. The molecule has 0 fully saturated rings.